The minimum Gasteiger partial charge on any atom is -0.469 e. The second-order valence-electron chi connectivity index (χ2n) is 6.27. The molecule has 4 atom stereocenters. The Bertz CT molecular complexity index is 496. The zero-order valence-corrected chi connectivity index (χ0v) is 12.5. The number of carbonyl (C=O) groups is 1. The van der Waals surface area contributed by atoms with Crippen molar-refractivity contribution in [3.05, 3.63) is 35.4 Å². The topological polar surface area (TPSA) is 29.5 Å². The third-order valence-electron chi connectivity index (χ3n) is 5.25. The average Bonchev–Trinajstić information content (AvgIpc) is 2.70. The predicted octanol–water partition coefficient (Wildman–Crippen LogP) is 2.73. The van der Waals surface area contributed by atoms with Gasteiger partial charge < -0.3 is 4.74 Å². The van der Waals surface area contributed by atoms with Crippen LogP contribution in [0, 0.1) is 12.8 Å². The van der Waals surface area contributed by atoms with Crippen LogP contribution in [0.1, 0.15) is 36.3 Å². The highest BCUT2D eigenvalue weighted by Gasteiger charge is 2.49. The second kappa shape index (κ2) is 5.21. The molecule has 0 amide bonds. The van der Waals surface area contributed by atoms with Crippen molar-refractivity contribution < 1.29 is 9.53 Å². The van der Waals surface area contributed by atoms with Crippen LogP contribution in [0.3, 0.4) is 0 Å². The average molecular weight is 273 g/mol. The van der Waals surface area contributed by atoms with E-state index in [1.165, 1.54) is 24.7 Å². The maximum Gasteiger partial charge on any atom is 0.310 e. The summed E-state index contributed by atoms with van der Waals surface area (Å²) in [6.45, 7) is 2.10. The van der Waals surface area contributed by atoms with E-state index in [1.807, 2.05) is 0 Å². The molecule has 2 bridgehead atoms. The molecular weight excluding hydrogens is 250 g/mol. The number of esters is 1. The number of fused-ring (bicyclic) bond motifs is 2. The third-order valence-corrected chi connectivity index (χ3v) is 5.25. The van der Waals surface area contributed by atoms with Crippen molar-refractivity contribution in [3.63, 3.8) is 0 Å². The standard InChI is InChI=1S/C17H23NO2/c1-11-4-6-12(7-5-11)14-10-13-8-9-15(18(13)2)16(14)17(19)20-3/h4-7,13-16H,8-10H2,1-3H3/t13-,14+,15+,16-/m1/s1. The van der Waals surface area contributed by atoms with Crippen LogP contribution in [-0.4, -0.2) is 37.1 Å². The molecule has 2 fully saturated rings. The Morgan fingerprint density at radius 3 is 2.60 bits per heavy atom. The molecule has 0 aliphatic carbocycles. The number of methoxy groups -OCH3 is 1. The molecule has 2 aliphatic rings. The van der Waals surface area contributed by atoms with E-state index in [2.05, 4.69) is 43.1 Å². The fourth-order valence-corrected chi connectivity index (χ4v) is 4.08. The number of ether oxygens (including phenoxy) is 1. The first kappa shape index (κ1) is 13.6. The molecule has 108 valence electrons. The van der Waals surface area contributed by atoms with Crippen LogP contribution in [0.4, 0.5) is 0 Å². The van der Waals surface area contributed by atoms with Crippen molar-refractivity contribution in [2.24, 2.45) is 5.92 Å². The van der Waals surface area contributed by atoms with Gasteiger partial charge in [0.05, 0.1) is 13.0 Å². The van der Waals surface area contributed by atoms with E-state index in [9.17, 15) is 4.79 Å². The van der Waals surface area contributed by atoms with Crippen molar-refractivity contribution in [2.45, 2.75) is 44.2 Å². The third kappa shape index (κ3) is 2.14. The van der Waals surface area contributed by atoms with Crippen LogP contribution in [0.2, 0.25) is 0 Å². The molecule has 0 aromatic heterocycles. The Labute approximate surface area is 120 Å². The summed E-state index contributed by atoms with van der Waals surface area (Å²) in [4.78, 5) is 14.7. The van der Waals surface area contributed by atoms with Gasteiger partial charge in [-0.1, -0.05) is 29.8 Å². The fourth-order valence-electron chi connectivity index (χ4n) is 4.08. The van der Waals surface area contributed by atoms with Gasteiger partial charge in [0.15, 0.2) is 0 Å². The molecule has 0 spiro atoms. The van der Waals surface area contributed by atoms with Gasteiger partial charge in [-0.25, -0.2) is 0 Å². The second-order valence-corrected chi connectivity index (χ2v) is 6.27. The lowest BCUT2D eigenvalue weighted by Crippen LogP contribution is -2.49. The van der Waals surface area contributed by atoms with Crippen molar-refractivity contribution in [1.29, 1.82) is 0 Å². The quantitative estimate of drug-likeness (QED) is 0.776. The van der Waals surface area contributed by atoms with Gasteiger partial charge in [-0.2, -0.15) is 0 Å². The molecule has 3 heteroatoms. The number of carbonyl (C=O) groups excluding carboxylic acids is 1. The predicted molar refractivity (Wildman–Crippen MR) is 78.6 cm³/mol. The van der Waals surface area contributed by atoms with Gasteiger partial charge in [-0.3, -0.25) is 9.69 Å². The normalized spacial score (nSPS) is 33.1. The summed E-state index contributed by atoms with van der Waals surface area (Å²) in [5.74, 6) is 0.232. The lowest BCUT2D eigenvalue weighted by Gasteiger charge is -2.41. The Hall–Kier alpha value is -1.35. The van der Waals surface area contributed by atoms with Crippen molar-refractivity contribution in [3.8, 4) is 0 Å². The van der Waals surface area contributed by atoms with Gasteiger partial charge in [0.2, 0.25) is 0 Å². The minimum absolute atomic E-state index is 0.0218. The van der Waals surface area contributed by atoms with Crippen molar-refractivity contribution in [2.75, 3.05) is 14.2 Å². The summed E-state index contributed by atoms with van der Waals surface area (Å²) in [6, 6.07) is 9.61. The SMILES string of the molecule is COC(=O)[C@@H]1[C@H](c2ccc(C)cc2)C[C@H]2CC[C@@H]1N2C. The number of nitrogens with zero attached hydrogens (tertiary/aromatic N) is 1. The molecule has 1 aromatic rings. The molecule has 2 saturated heterocycles. The monoisotopic (exact) mass is 273 g/mol. The van der Waals surface area contributed by atoms with Gasteiger partial charge in [0.1, 0.15) is 0 Å². The van der Waals surface area contributed by atoms with Gasteiger partial charge in [0, 0.05) is 18.0 Å². The smallest absolute Gasteiger partial charge is 0.310 e. The first-order chi connectivity index (χ1) is 9.61. The molecule has 20 heavy (non-hydrogen) atoms. The van der Waals surface area contributed by atoms with E-state index in [4.69, 9.17) is 4.74 Å². The molecule has 1 aromatic carbocycles. The first-order valence-electron chi connectivity index (χ1n) is 7.48. The number of aryl methyl sites for hydroxylation is 1. The van der Waals surface area contributed by atoms with E-state index in [0.29, 0.717) is 18.0 Å². The van der Waals surface area contributed by atoms with Crippen LogP contribution in [0.5, 0.6) is 0 Å². The van der Waals surface area contributed by atoms with E-state index < -0.39 is 0 Å². The number of benzene rings is 1. The summed E-state index contributed by atoms with van der Waals surface area (Å²) >= 11 is 0. The van der Waals surface area contributed by atoms with Gasteiger partial charge >= 0.3 is 5.97 Å². The fraction of sp³-hybridized carbons (Fsp3) is 0.588. The summed E-state index contributed by atoms with van der Waals surface area (Å²) in [6.07, 6.45) is 3.39. The molecule has 2 aliphatic heterocycles. The van der Waals surface area contributed by atoms with Crippen LogP contribution >= 0.6 is 0 Å². The maximum atomic E-state index is 12.3. The summed E-state index contributed by atoms with van der Waals surface area (Å²) in [5.41, 5.74) is 2.55. The molecule has 0 unspecified atom stereocenters. The lowest BCUT2D eigenvalue weighted by atomic mass is 9.76. The largest absolute Gasteiger partial charge is 0.469 e. The maximum absolute atomic E-state index is 12.3. The minimum atomic E-state index is -0.0484. The molecule has 3 nitrogen and oxygen atoms in total. The zero-order valence-electron chi connectivity index (χ0n) is 12.5. The Balaban J connectivity index is 1.95. The summed E-state index contributed by atoms with van der Waals surface area (Å²) in [5, 5.41) is 0. The van der Waals surface area contributed by atoms with Gasteiger partial charge in [-0.05, 0) is 38.8 Å². The van der Waals surface area contributed by atoms with E-state index in [-0.39, 0.29) is 11.9 Å². The van der Waals surface area contributed by atoms with Gasteiger partial charge in [0.25, 0.3) is 0 Å². The number of piperidine rings is 1. The molecule has 3 rings (SSSR count). The highest BCUT2D eigenvalue weighted by Crippen LogP contribution is 2.46. The molecule has 0 saturated carbocycles. The van der Waals surface area contributed by atoms with E-state index >= 15 is 0 Å². The number of hydrogen-bond acceptors (Lipinski definition) is 3. The van der Waals surface area contributed by atoms with Crippen LogP contribution in [-0.2, 0) is 9.53 Å². The van der Waals surface area contributed by atoms with E-state index in [0.717, 1.165) is 12.8 Å². The number of hydrogen-bond donors (Lipinski definition) is 0. The van der Waals surface area contributed by atoms with Crippen LogP contribution < -0.4 is 0 Å². The molecule has 0 radical (unpaired) electrons. The summed E-state index contributed by atoms with van der Waals surface area (Å²) < 4.78 is 5.10. The Morgan fingerprint density at radius 2 is 1.95 bits per heavy atom. The van der Waals surface area contributed by atoms with Crippen molar-refractivity contribution in [1.82, 2.24) is 4.90 Å². The van der Waals surface area contributed by atoms with Crippen LogP contribution in [0.15, 0.2) is 24.3 Å². The Kier molecular flexibility index (Phi) is 3.55. The van der Waals surface area contributed by atoms with Crippen LogP contribution in [0.25, 0.3) is 0 Å². The lowest BCUT2D eigenvalue weighted by molar-refractivity contribution is -0.150. The molecule has 0 N–H and O–H groups in total. The zero-order chi connectivity index (χ0) is 14.3. The number of rotatable bonds is 2. The van der Waals surface area contributed by atoms with E-state index in [1.54, 1.807) is 0 Å². The highest BCUT2D eigenvalue weighted by atomic mass is 16.5. The first-order valence-corrected chi connectivity index (χ1v) is 7.48. The van der Waals surface area contributed by atoms with Crippen molar-refractivity contribution >= 4 is 5.97 Å². The molecular formula is C17H23NO2. The highest BCUT2D eigenvalue weighted by molar-refractivity contribution is 5.75. The summed E-state index contributed by atoms with van der Waals surface area (Å²) in [7, 11) is 3.67. The molecule has 2 heterocycles. The Morgan fingerprint density at radius 1 is 1.25 bits per heavy atom. The van der Waals surface area contributed by atoms with Gasteiger partial charge in [-0.15, -0.1) is 0 Å².